The maximum Gasteiger partial charge on any atom is 0.270 e. The van der Waals surface area contributed by atoms with Crippen molar-refractivity contribution in [3.63, 3.8) is 0 Å². The molecule has 0 fully saturated rings. The Kier molecular flexibility index (Phi) is 4.66. The highest BCUT2D eigenvalue weighted by Crippen LogP contribution is 2.19. The van der Waals surface area contributed by atoms with Crippen molar-refractivity contribution in [2.45, 2.75) is 33.2 Å². The number of amides is 1. The third kappa shape index (κ3) is 4.70. The first-order valence-electron chi connectivity index (χ1n) is 6.94. The van der Waals surface area contributed by atoms with Gasteiger partial charge in [-0.05, 0) is 45.9 Å². The molecule has 2 N–H and O–H groups in total. The number of aromatic nitrogens is 2. The van der Waals surface area contributed by atoms with Gasteiger partial charge in [-0.15, -0.1) is 0 Å². The molecule has 2 aromatic rings. The zero-order valence-corrected chi connectivity index (χ0v) is 13.8. The molecule has 0 unspecified atom stereocenters. The summed E-state index contributed by atoms with van der Waals surface area (Å²) in [6.07, 6.45) is 0. The van der Waals surface area contributed by atoms with Gasteiger partial charge in [0.05, 0.1) is 0 Å². The molecule has 1 amide bonds. The van der Waals surface area contributed by atoms with E-state index < -0.39 is 0 Å². The lowest BCUT2D eigenvalue weighted by Gasteiger charge is -2.20. The van der Waals surface area contributed by atoms with Crippen LogP contribution >= 0.6 is 11.6 Å². The van der Waals surface area contributed by atoms with Crippen LogP contribution in [-0.4, -0.2) is 21.4 Å². The van der Waals surface area contributed by atoms with Gasteiger partial charge >= 0.3 is 0 Å². The summed E-state index contributed by atoms with van der Waals surface area (Å²) in [5.41, 5.74) is 0.802. The number of nitrogens with one attached hydrogen (secondary N) is 2. The second-order valence-corrected chi connectivity index (χ2v) is 6.46. The average Bonchev–Trinajstić information content (AvgIpc) is 2.36. The van der Waals surface area contributed by atoms with Gasteiger partial charge in [0.15, 0.2) is 0 Å². The van der Waals surface area contributed by atoms with Gasteiger partial charge in [-0.3, -0.25) is 4.79 Å². The van der Waals surface area contributed by atoms with Crippen LogP contribution in [0, 0.1) is 6.92 Å². The quantitative estimate of drug-likeness (QED) is 0.905. The first kappa shape index (κ1) is 16.2. The van der Waals surface area contributed by atoms with Crippen molar-refractivity contribution in [1.29, 1.82) is 0 Å². The van der Waals surface area contributed by atoms with Crippen LogP contribution in [0.1, 0.15) is 37.1 Å². The minimum Gasteiger partial charge on any atom is -0.346 e. The van der Waals surface area contributed by atoms with Crippen molar-refractivity contribution in [2.24, 2.45) is 0 Å². The second kappa shape index (κ2) is 6.32. The van der Waals surface area contributed by atoms with Crippen LogP contribution in [0.25, 0.3) is 0 Å². The zero-order valence-electron chi connectivity index (χ0n) is 13.1. The highest BCUT2D eigenvalue weighted by atomic mass is 35.5. The highest BCUT2D eigenvalue weighted by Gasteiger charge is 2.17. The van der Waals surface area contributed by atoms with Gasteiger partial charge in [0, 0.05) is 22.3 Å². The molecule has 2 rings (SSSR count). The van der Waals surface area contributed by atoms with Gasteiger partial charge in [-0.25, -0.2) is 9.97 Å². The molecule has 22 heavy (non-hydrogen) atoms. The number of hydrogen-bond donors (Lipinski definition) is 2. The van der Waals surface area contributed by atoms with E-state index in [1.807, 2.05) is 32.9 Å². The Hall–Kier alpha value is -2.14. The van der Waals surface area contributed by atoms with E-state index in [-0.39, 0.29) is 11.4 Å². The summed E-state index contributed by atoms with van der Waals surface area (Å²) in [6.45, 7) is 7.51. The smallest absolute Gasteiger partial charge is 0.270 e. The minimum atomic E-state index is -0.323. The number of benzene rings is 1. The number of carbonyl (C=O) groups excluding carboxylic acids is 1. The van der Waals surface area contributed by atoms with Crippen molar-refractivity contribution in [2.75, 3.05) is 5.32 Å². The number of anilines is 2. The van der Waals surface area contributed by atoms with Gasteiger partial charge in [-0.2, -0.15) is 0 Å². The number of nitrogens with zero attached hydrogens (tertiary/aromatic N) is 2. The molecule has 0 saturated heterocycles. The second-order valence-electron chi connectivity index (χ2n) is 6.03. The highest BCUT2D eigenvalue weighted by molar-refractivity contribution is 6.30. The average molecular weight is 319 g/mol. The van der Waals surface area contributed by atoms with Crippen LogP contribution < -0.4 is 10.6 Å². The molecule has 1 aromatic heterocycles. The molecule has 0 aliphatic carbocycles. The molecule has 0 aliphatic rings. The number of halogens is 1. The van der Waals surface area contributed by atoms with Gasteiger partial charge in [0.2, 0.25) is 0 Å². The molecule has 1 heterocycles. The summed E-state index contributed by atoms with van der Waals surface area (Å²) < 4.78 is 0. The van der Waals surface area contributed by atoms with E-state index in [4.69, 9.17) is 11.6 Å². The molecular formula is C16H19ClN4O. The predicted molar refractivity (Wildman–Crippen MR) is 88.7 cm³/mol. The normalized spacial score (nSPS) is 11.1. The van der Waals surface area contributed by atoms with E-state index in [1.165, 1.54) is 0 Å². The lowest BCUT2D eigenvalue weighted by molar-refractivity contribution is 0.0914. The number of hydrogen-bond acceptors (Lipinski definition) is 4. The fourth-order valence-corrected chi connectivity index (χ4v) is 2.06. The number of rotatable bonds is 3. The van der Waals surface area contributed by atoms with Crippen molar-refractivity contribution < 1.29 is 4.79 Å². The van der Waals surface area contributed by atoms with Crippen LogP contribution in [0.15, 0.2) is 30.3 Å². The zero-order chi connectivity index (χ0) is 16.3. The SMILES string of the molecule is Cc1nc(Nc2cccc(Cl)c2)cc(C(=O)NC(C)(C)C)n1. The topological polar surface area (TPSA) is 66.9 Å². The molecule has 0 spiro atoms. The number of aryl methyl sites for hydroxylation is 1. The van der Waals surface area contributed by atoms with Gasteiger partial charge in [-0.1, -0.05) is 17.7 Å². The molecule has 116 valence electrons. The monoisotopic (exact) mass is 318 g/mol. The summed E-state index contributed by atoms with van der Waals surface area (Å²) in [5.74, 6) is 0.840. The Bertz CT molecular complexity index is 695. The van der Waals surface area contributed by atoms with E-state index in [9.17, 15) is 4.79 Å². The van der Waals surface area contributed by atoms with E-state index in [2.05, 4.69) is 20.6 Å². The summed E-state index contributed by atoms with van der Waals surface area (Å²) in [6, 6.07) is 8.91. The lowest BCUT2D eigenvalue weighted by atomic mass is 10.1. The fraction of sp³-hybridized carbons (Fsp3) is 0.312. The molecule has 1 aromatic carbocycles. The first-order chi connectivity index (χ1) is 10.2. The molecule has 0 saturated carbocycles. The third-order valence-corrected chi connectivity index (χ3v) is 2.89. The first-order valence-corrected chi connectivity index (χ1v) is 7.31. The molecule has 0 radical (unpaired) electrons. The van der Waals surface area contributed by atoms with Gasteiger partial charge < -0.3 is 10.6 Å². The van der Waals surface area contributed by atoms with Crippen LogP contribution in [0.2, 0.25) is 5.02 Å². The van der Waals surface area contributed by atoms with E-state index in [0.29, 0.717) is 22.4 Å². The Morgan fingerprint density at radius 1 is 1.18 bits per heavy atom. The molecule has 0 bridgehead atoms. The Balaban J connectivity index is 2.25. The van der Waals surface area contributed by atoms with E-state index >= 15 is 0 Å². The van der Waals surface area contributed by atoms with Crippen molar-refractivity contribution in [3.05, 3.63) is 46.9 Å². The summed E-state index contributed by atoms with van der Waals surface area (Å²) in [5, 5.41) is 6.64. The van der Waals surface area contributed by atoms with E-state index in [0.717, 1.165) is 5.69 Å². The van der Waals surface area contributed by atoms with Crippen LogP contribution in [0.4, 0.5) is 11.5 Å². The number of carbonyl (C=O) groups is 1. The van der Waals surface area contributed by atoms with Gasteiger partial charge in [0.25, 0.3) is 5.91 Å². The van der Waals surface area contributed by atoms with Crippen LogP contribution in [0.3, 0.4) is 0 Å². The molecule has 0 aliphatic heterocycles. The van der Waals surface area contributed by atoms with Gasteiger partial charge in [0.1, 0.15) is 17.3 Å². The Morgan fingerprint density at radius 3 is 2.55 bits per heavy atom. The Labute approximate surface area is 135 Å². The summed E-state index contributed by atoms with van der Waals surface area (Å²) in [7, 11) is 0. The van der Waals surface area contributed by atoms with Crippen molar-refractivity contribution in [3.8, 4) is 0 Å². The largest absolute Gasteiger partial charge is 0.346 e. The summed E-state index contributed by atoms with van der Waals surface area (Å²) in [4.78, 5) is 20.7. The molecule has 0 atom stereocenters. The van der Waals surface area contributed by atoms with E-state index in [1.54, 1.807) is 25.1 Å². The molecule has 6 heteroatoms. The maximum absolute atomic E-state index is 12.2. The lowest BCUT2D eigenvalue weighted by Crippen LogP contribution is -2.41. The molecular weight excluding hydrogens is 300 g/mol. The summed E-state index contributed by atoms with van der Waals surface area (Å²) >= 11 is 5.96. The maximum atomic E-state index is 12.2. The minimum absolute atomic E-state index is 0.229. The fourth-order valence-electron chi connectivity index (χ4n) is 1.87. The Morgan fingerprint density at radius 2 is 1.91 bits per heavy atom. The predicted octanol–water partition coefficient (Wildman–Crippen LogP) is 3.71. The van der Waals surface area contributed by atoms with Crippen LogP contribution in [-0.2, 0) is 0 Å². The van der Waals surface area contributed by atoms with Crippen LogP contribution in [0.5, 0.6) is 0 Å². The molecule has 5 nitrogen and oxygen atoms in total. The standard InChI is InChI=1S/C16H19ClN4O/c1-10-18-13(15(22)21-16(2,3)4)9-14(19-10)20-12-7-5-6-11(17)8-12/h5-9H,1-4H3,(H,21,22)(H,18,19,20). The third-order valence-electron chi connectivity index (χ3n) is 2.66. The van der Waals surface area contributed by atoms with Crippen molar-refractivity contribution in [1.82, 2.24) is 15.3 Å². The van der Waals surface area contributed by atoms with Crippen molar-refractivity contribution >= 4 is 29.0 Å².